The van der Waals surface area contributed by atoms with Crippen LogP contribution >= 0.6 is 0 Å². The number of hydrogen-bond acceptors (Lipinski definition) is 4. The maximum Gasteiger partial charge on any atom is 0.573 e. The molecule has 0 heterocycles. The van der Waals surface area contributed by atoms with E-state index in [-0.39, 0.29) is 17.2 Å². The minimum Gasteiger partial charge on any atom is -0.457 e. The fraction of sp³-hybridized carbons (Fsp3) is 0.200. The number of aliphatic hydroxyl groups is 1. The van der Waals surface area contributed by atoms with Crippen LogP contribution in [0.5, 0.6) is 17.2 Å². The normalized spacial score (nSPS) is 13.0. The van der Waals surface area contributed by atoms with Crippen LogP contribution in [-0.2, 0) is 18.9 Å². The van der Waals surface area contributed by atoms with Crippen molar-refractivity contribution in [3.8, 4) is 17.2 Å². The number of rotatable bonds is 9. The highest BCUT2D eigenvalue weighted by Crippen LogP contribution is 2.40. The first kappa shape index (κ1) is 32.5. The highest BCUT2D eigenvalue weighted by Gasteiger charge is 2.37. The van der Waals surface area contributed by atoms with E-state index in [4.69, 9.17) is 4.74 Å². The lowest BCUT2D eigenvalue weighted by Gasteiger charge is -2.35. The molecular weight excluding hydrogens is 612 g/mol. The molecule has 4 nitrogen and oxygen atoms in total. The molecule has 1 atom stereocenters. The van der Waals surface area contributed by atoms with Crippen molar-refractivity contribution in [2.75, 3.05) is 11.5 Å². The van der Waals surface area contributed by atoms with Crippen LogP contribution in [0.3, 0.4) is 0 Å². The second-order valence-electron chi connectivity index (χ2n) is 9.34. The Bertz CT molecular complexity index is 1580. The van der Waals surface area contributed by atoms with Crippen LogP contribution in [0.15, 0.2) is 91.0 Å². The summed E-state index contributed by atoms with van der Waals surface area (Å²) < 4.78 is 144. The average molecular weight is 633 g/mol. The van der Waals surface area contributed by atoms with E-state index in [0.29, 0.717) is 18.2 Å². The van der Waals surface area contributed by atoms with Gasteiger partial charge in [0.2, 0.25) is 0 Å². The summed E-state index contributed by atoms with van der Waals surface area (Å²) >= 11 is 0. The highest BCUT2D eigenvalue weighted by molar-refractivity contribution is 5.55. The summed E-state index contributed by atoms with van der Waals surface area (Å²) in [5.41, 5.74) is -3.34. The molecule has 234 valence electrons. The van der Waals surface area contributed by atoms with Crippen LogP contribution < -0.4 is 14.4 Å². The van der Waals surface area contributed by atoms with Crippen LogP contribution in [0.25, 0.3) is 0 Å². The molecule has 0 amide bonds. The minimum absolute atomic E-state index is 0.0157. The first-order chi connectivity index (χ1) is 20.5. The molecule has 0 spiro atoms. The fourth-order valence-electron chi connectivity index (χ4n) is 4.44. The van der Waals surface area contributed by atoms with E-state index in [1.54, 1.807) is 0 Å². The number of alkyl halides is 9. The molecule has 0 fully saturated rings. The Morgan fingerprint density at radius 1 is 0.682 bits per heavy atom. The number of benzene rings is 4. The number of halogens is 10. The Morgan fingerprint density at radius 2 is 1.32 bits per heavy atom. The molecule has 1 unspecified atom stereocenters. The Hall–Kier alpha value is -4.46. The Kier molecular flexibility index (Phi) is 9.33. The molecule has 1 N–H and O–H groups in total. The van der Waals surface area contributed by atoms with Gasteiger partial charge in [-0.3, -0.25) is 0 Å². The van der Waals surface area contributed by atoms with Crippen LogP contribution in [-0.4, -0.2) is 18.1 Å². The third kappa shape index (κ3) is 8.13. The lowest BCUT2D eigenvalue weighted by atomic mass is 9.97. The molecule has 0 bridgehead atoms. The second-order valence-corrected chi connectivity index (χ2v) is 9.34. The van der Waals surface area contributed by atoms with Gasteiger partial charge in [0.05, 0.1) is 23.8 Å². The lowest BCUT2D eigenvalue weighted by molar-refractivity contribution is -0.274. The van der Waals surface area contributed by atoms with Gasteiger partial charge in [-0.2, -0.15) is 26.3 Å². The third-order valence-electron chi connectivity index (χ3n) is 6.31. The van der Waals surface area contributed by atoms with Crippen LogP contribution in [0.4, 0.5) is 49.6 Å². The zero-order valence-electron chi connectivity index (χ0n) is 22.1. The van der Waals surface area contributed by atoms with Crippen molar-refractivity contribution in [3.63, 3.8) is 0 Å². The van der Waals surface area contributed by atoms with E-state index >= 15 is 0 Å². The minimum atomic E-state index is -4.98. The molecular formula is C30H21F10NO3. The van der Waals surface area contributed by atoms with E-state index in [2.05, 4.69) is 4.74 Å². The zero-order valence-corrected chi connectivity index (χ0v) is 22.1. The Labute approximate surface area is 243 Å². The fourth-order valence-corrected chi connectivity index (χ4v) is 4.44. The van der Waals surface area contributed by atoms with Gasteiger partial charge in [0, 0.05) is 29.9 Å². The largest absolute Gasteiger partial charge is 0.573 e. The third-order valence-corrected chi connectivity index (χ3v) is 6.31. The van der Waals surface area contributed by atoms with Gasteiger partial charge >= 0.3 is 18.7 Å². The topological polar surface area (TPSA) is 41.9 Å². The van der Waals surface area contributed by atoms with Gasteiger partial charge in [0.1, 0.15) is 23.1 Å². The van der Waals surface area contributed by atoms with E-state index in [1.807, 2.05) is 0 Å². The van der Waals surface area contributed by atoms with Gasteiger partial charge in [0.25, 0.3) is 0 Å². The van der Waals surface area contributed by atoms with Crippen molar-refractivity contribution >= 4 is 5.69 Å². The molecule has 0 aromatic heterocycles. The van der Waals surface area contributed by atoms with Gasteiger partial charge in [-0.1, -0.05) is 30.3 Å². The standard InChI is InChI=1S/C30H21F10NO3/c31-26-12-11-19(28(32,33)34)13-18(26)16-41(27(17-42)24-9-1-2-10-25(24)29(35,36)37)20-5-3-6-21(14-20)43-22-7-4-8-23(15-22)44-30(38,39)40/h1-15,27,42H,16-17H2. The molecule has 0 radical (unpaired) electrons. The molecule has 14 heteroatoms. The molecule has 0 saturated carbocycles. The summed E-state index contributed by atoms with van der Waals surface area (Å²) in [4.78, 5) is 1.07. The predicted molar refractivity (Wildman–Crippen MR) is 138 cm³/mol. The summed E-state index contributed by atoms with van der Waals surface area (Å²) in [6.07, 6.45) is -14.7. The number of anilines is 1. The van der Waals surface area contributed by atoms with Crippen molar-refractivity contribution < 1.29 is 58.5 Å². The van der Waals surface area contributed by atoms with Crippen molar-refractivity contribution in [3.05, 3.63) is 119 Å². The van der Waals surface area contributed by atoms with E-state index in [9.17, 15) is 49.0 Å². The number of ether oxygens (including phenoxy) is 2. The molecule has 4 aromatic rings. The smallest absolute Gasteiger partial charge is 0.457 e. The van der Waals surface area contributed by atoms with Crippen LogP contribution in [0.1, 0.15) is 28.3 Å². The Balaban J connectivity index is 1.80. The molecule has 0 aliphatic rings. The van der Waals surface area contributed by atoms with Gasteiger partial charge in [-0.15, -0.1) is 13.2 Å². The SMILES string of the molecule is OCC(c1ccccc1C(F)(F)F)N(Cc1cc(C(F)(F)F)ccc1F)c1cccc(Oc2cccc(OC(F)(F)F)c2)c1. The van der Waals surface area contributed by atoms with Crippen LogP contribution in [0, 0.1) is 5.82 Å². The van der Waals surface area contributed by atoms with Crippen molar-refractivity contribution in [1.29, 1.82) is 0 Å². The van der Waals surface area contributed by atoms with Gasteiger partial charge in [-0.25, -0.2) is 4.39 Å². The Morgan fingerprint density at radius 3 is 1.95 bits per heavy atom. The predicted octanol–water partition coefficient (Wildman–Crippen LogP) is 9.29. The molecule has 4 aromatic carbocycles. The van der Waals surface area contributed by atoms with Gasteiger partial charge in [0.15, 0.2) is 0 Å². The van der Waals surface area contributed by atoms with E-state index in [1.165, 1.54) is 42.5 Å². The van der Waals surface area contributed by atoms with E-state index < -0.39 is 71.7 Å². The van der Waals surface area contributed by atoms with Crippen molar-refractivity contribution in [2.45, 2.75) is 31.3 Å². The second kappa shape index (κ2) is 12.6. The summed E-state index contributed by atoms with van der Waals surface area (Å²) in [6.45, 7) is -1.71. The lowest BCUT2D eigenvalue weighted by Crippen LogP contribution is -2.33. The maximum absolute atomic E-state index is 14.8. The number of hydrogen-bond donors (Lipinski definition) is 1. The molecule has 0 aliphatic carbocycles. The molecule has 4 rings (SSSR count). The van der Waals surface area contributed by atoms with E-state index in [0.717, 1.165) is 35.2 Å². The highest BCUT2D eigenvalue weighted by atomic mass is 19.4. The quantitative estimate of drug-likeness (QED) is 0.187. The number of aliphatic hydroxyl groups excluding tert-OH is 1. The van der Waals surface area contributed by atoms with Crippen LogP contribution in [0.2, 0.25) is 0 Å². The average Bonchev–Trinajstić information content (AvgIpc) is 2.92. The molecule has 0 aliphatic heterocycles. The molecule has 44 heavy (non-hydrogen) atoms. The maximum atomic E-state index is 14.8. The van der Waals surface area contributed by atoms with Crippen molar-refractivity contribution in [1.82, 2.24) is 0 Å². The summed E-state index contributed by atoms with van der Waals surface area (Å²) in [5.74, 6) is -1.86. The van der Waals surface area contributed by atoms with Gasteiger partial charge < -0.3 is 19.5 Å². The summed E-state index contributed by atoms with van der Waals surface area (Å²) in [7, 11) is 0. The van der Waals surface area contributed by atoms with Crippen molar-refractivity contribution in [2.24, 2.45) is 0 Å². The summed E-state index contributed by atoms with van der Waals surface area (Å²) in [6, 6.07) is 14.0. The van der Waals surface area contributed by atoms with Gasteiger partial charge in [-0.05, 0) is 54.1 Å². The zero-order chi connectivity index (χ0) is 32.3. The first-order valence-electron chi connectivity index (χ1n) is 12.6. The molecule has 0 saturated heterocycles. The monoisotopic (exact) mass is 633 g/mol. The summed E-state index contributed by atoms with van der Waals surface area (Å²) in [5, 5.41) is 10.3. The number of nitrogens with zero attached hydrogens (tertiary/aromatic N) is 1. The first-order valence-corrected chi connectivity index (χ1v) is 12.6.